The van der Waals surface area contributed by atoms with Gasteiger partial charge in [-0.1, -0.05) is 32.6 Å². The van der Waals surface area contributed by atoms with Crippen molar-refractivity contribution in [3.8, 4) is 23.0 Å². The third-order valence-corrected chi connectivity index (χ3v) is 10.7. The van der Waals surface area contributed by atoms with Crippen molar-refractivity contribution in [3.05, 3.63) is 47.0 Å². The van der Waals surface area contributed by atoms with Gasteiger partial charge < -0.3 is 28.4 Å². The summed E-state index contributed by atoms with van der Waals surface area (Å²) >= 11 is 0. The zero-order chi connectivity index (χ0) is 40.7. The van der Waals surface area contributed by atoms with Gasteiger partial charge in [-0.15, -0.1) is 0 Å². The van der Waals surface area contributed by atoms with Crippen molar-refractivity contribution >= 4 is 0 Å². The van der Waals surface area contributed by atoms with Crippen molar-refractivity contribution in [2.45, 2.75) is 135 Å². The summed E-state index contributed by atoms with van der Waals surface area (Å²) in [6.45, 7) is 7.02. The molecule has 0 spiro atoms. The fourth-order valence-electron chi connectivity index (χ4n) is 7.56. The number of alkyl halides is 6. The van der Waals surface area contributed by atoms with Crippen molar-refractivity contribution < 1.29 is 63.5 Å². The molecule has 0 bridgehead atoms. The highest BCUT2D eigenvalue weighted by Crippen LogP contribution is 2.43. The van der Waals surface area contributed by atoms with Crippen molar-refractivity contribution in [1.82, 2.24) is 0 Å². The fourth-order valence-corrected chi connectivity index (χ4v) is 7.56. The Balaban J connectivity index is 1.00. The number of hydrogen-bond acceptors (Lipinski definition) is 6. The molecule has 14 heteroatoms. The molecule has 0 radical (unpaired) electrons. The summed E-state index contributed by atoms with van der Waals surface area (Å²) < 4.78 is 144. The van der Waals surface area contributed by atoms with Crippen LogP contribution in [0.15, 0.2) is 24.3 Å². The van der Waals surface area contributed by atoms with Crippen molar-refractivity contribution in [2.75, 3.05) is 39.6 Å². The average molecular weight is 811 g/mol. The molecule has 0 aliphatic heterocycles. The van der Waals surface area contributed by atoms with Gasteiger partial charge in [0.05, 0.1) is 38.6 Å². The second-order valence-electron chi connectivity index (χ2n) is 15.1. The lowest BCUT2D eigenvalue weighted by atomic mass is 9.88. The van der Waals surface area contributed by atoms with E-state index in [0.29, 0.717) is 19.1 Å². The Morgan fingerprint density at radius 1 is 0.536 bits per heavy atom. The number of unbranched alkanes of at least 4 members (excludes halogenated alkanes) is 2. The van der Waals surface area contributed by atoms with E-state index in [4.69, 9.17) is 28.4 Å². The molecule has 0 atom stereocenters. The first-order chi connectivity index (χ1) is 26.7. The third-order valence-electron chi connectivity index (χ3n) is 10.7. The maximum Gasteiger partial charge on any atom is 0.422 e. The molecular formula is C42H58F8O6. The molecule has 318 valence electrons. The Bertz CT molecular complexity index is 1340. The smallest absolute Gasteiger partial charge is 0.422 e. The molecule has 2 aliphatic rings. The maximum atomic E-state index is 14.5. The monoisotopic (exact) mass is 810 g/mol. The topological polar surface area (TPSA) is 55.4 Å². The van der Waals surface area contributed by atoms with Gasteiger partial charge in [0.1, 0.15) is 22.6 Å². The summed E-state index contributed by atoms with van der Waals surface area (Å²) in [4.78, 5) is 0. The van der Waals surface area contributed by atoms with Crippen molar-refractivity contribution in [3.63, 3.8) is 0 Å². The largest absolute Gasteiger partial charge is 0.493 e. The van der Waals surface area contributed by atoms with Crippen LogP contribution in [0.2, 0.25) is 0 Å². The lowest BCUT2D eigenvalue weighted by Gasteiger charge is -2.29. The molecule has 0 saturated heterocycles. The van der Waals surface area contributed by atoms with Crippen LogP contribution in [0.5, 0.6) is 23.0 Å². The molecule has 4 rings (SSSR count). The van der Waals surface area contributed by atoms with Gasteiger partial charge in [0.15, 0.2) is 23.1 Å². The van der Waals surface area contributed by atoms with Crippen molar-refractivity contribution in [2.24, 2.45) is 17.8 Å². The van der Waals surface area contributed by atoms with Gasteiger partial charge in [-0.2, -0.15) is 26.3 Å². The quantitative estimate of drug-likeness (QED) is 0.0872. The molecular weight excluding hydrogens is 752 g/mol. The van der Waals surface area contributed by atoms with Gasteiger partial charge >= 0.3 is 12.4 Å². The summed E-state index contributed by atoms with van der Waals surface area (Å²) in [6.07, 6.45) is 3.06. The van der Waals surface area contributed by atoms with Gasteiger partial charge in [-0.3, -0.25) is 0 Å². The van der Waals surface area contributed by atoms with Crippen LogP contribution in [-0.2, 0) is 21.8 Å². The molecule has 0 heterocycles. The minimum Gasteiger partial charge on any atom is -0.493 e. The Morgan fingerprint density at radius 2 is 0.893 bits per heavy atom. The molecule has 0 aromatic heterocycles. The minimum absolute atomic E-state index is 0.0491. The van der Waals surface area contributed by atoms with Gasteiger partial charge in [0, 0.05) is 13.2 Å². The predicted octanol–water partition coefficient (Wildman–Crippen LogP) is 12.4. The molecule has 56 heavy (non-hydrogen) atoms. The van der Waals surface area contributed by atoms with E-state index in [1.165, 1.54) is 12.1 Å². The molecule has 2 fully saturated rings. The van der Waals surface area contributed by atoms with Crippen molar-refractivity contribution in [1.29, 1.82) is 0 Å². The van der Waals surface area contributed by atoms with Crippen LogP contribution in [0.25, 0.3) is 0 Å². The van der Waals surface area contributed by atoms with Crippen LogP contribution in [0.1, 0.15) is 122 Å². The first-order valence-electron chi connectivity index (χ1n) is 20.2. The second kappa shape index (κ2) is 22.2. The first kappa shape index (κ1) is 45.7. The molecule has 2 aliphatic carbocycles. The number of hydrogen-bond donors (Lipinski definition) is 0. The van der Waals surface area contributed by atoms with E-state index in [9.17, 15) is 35.1 Å². The summed E-state index contributed by atoms with van der Waals surface area (Å²) in [5, 5.41) is 0. The SMILES string of the molecule is CCOc1ccc(OCC2CCC(OCCCCC(C)CCCCOC3CCC(COc4ccc(OCC)c(F)c4C(F)(F)F)CC3)CC2)c(C(F)(F)F)c1F. The highest BCUT2D eigenvalue weighted by atomic mass is 19.4. The lowest BCUT2D eigenvalue weighted by molar-refractivity contribution is -0.142. The van der Waals surface area contributed by atoms with Crippen LogP contribution in [0.3, 0.4) is 0 Å². The predicted molar refractivity (Wildman–Crippen MR) is 196 cm³/mol. The Morgan fingerprint density at radius 3 is 1.23 bits per heavy atom. The number of ether oxygens (including phenoxy) is 6. The highest BCUT2D eigenvalue weighted by Gasteiger charge is 2.41. The summed E-state index contributed by atoms with van der Waals surface area (Å²) in [6, 6.07) is 4.59. The van der Waals surface area contributed by atoms with Crippen LogP contribution < -0.4 is 18.9 Å². The minimum atomic E-state index is -4.90. The molecule has 2 aromatic carbocycles. The standard InChI is InChI=1S/C42H58F8O6/c1-4-51-35-22-20-33(37(39(35)43)41(45,46)47)55-26-29-12-16-31(17-13-29)53-24-8-6-10-28(3)11-7-9-25-54-32-18-14-30(15-19-32)27-56-34-21-23-36(52-5-2)40(44)38(34)42(48,49)50/h20-23,28-32H,4-19,24-27H2,1-3H3. The second-order valence-corrected chi connectivity index (χ2v) is 15.1. The van der Waals surface area contributed by atoms with E-state index in [0.717, 1.165) is 102 Å². The summed E-state index contributed by atoms with van der Waals surface area (Å²) in [5.74, 6) is -4.09. The fraction of sp³-hybridized carbons (Fsp3) is 0.714. The molecule has 2 saturated carbocycles. The van der Waals surface area contributed by atoms with E-state index in [1.807, 2.05) is 0 Å². The normalized spacial score (nSPS) is 21.1. The number of benzene rings is 2. The van der Waals surface area contributed by atoms with E-state index in [-0.39, 0.29) is 50.5 Å². The summed E-state index contributed by atoms with van der Waals surface area (Å²) in [5.41, 5.74) is -2.86. The molecule has 0 unspecified atom stereocenters. The highest BCUT2D eigenvalue weighted by molar-refractivity contribution is 5.45. The Kier molecular flexibility index (Phi) is 18.1. The van der Waals surface area contributed by atoms with Crippen LogP contribution in [-0.4, -0.2) is 51.8 Å². The number of halogens is 8. The third kappa shape index (κ3) is 14.1. The Hall–Kier alpha value is -3.00. The van der Waals surface area contributed by atoms with E-state index in [1.54, 1.807) is 13.8 Å². The lowest BCUT2D eigenvalue weighted by Crippen LogP contribution is -2.26. The van der Waals surface area contributed by atoms with Crippen LogP contribution in [0, 0.1) is 29.4 Å². The zero-order valence-corrected chi connectivity index (χ0v) is 32.8. The van der Waals surface area contributed by atoms with E-state index < -0.39 is 58.1 Å². The Labute approximate surface area is 325 Å². The molecule has 6 nitrogen and oxygen atoms in total. The van der Waals surface area contributed by atoms with Gasteiger partial charge in [-0.25, -0.2) is 8.78 Å². The van der Waals surface area contributed by atoms with Gasteiger partial charge in [-0.05, 0) is 120 Å². The molecule has 2 aromatic rings. The summed E-state index contributed by atoms with van der Waals surface area (Å²) in [7, 11) is 0. The molecule has 0 N–H and O–H groups in total. The van der Waals surface area contributed by atoms with Crippen LogP contribution >= 0.6 is 0 Å². The zero-order valence-electron chi connectivity index (χ0n) is 32.8. The average Bonchev–Trinajstić information content (AvgIpc) is 3.14. The van der Waals surface area contributed by atoms with Gasteiger partial charge in [0.2, 0.25) is 0 Å². The number of rotatable bonds is 22. The molecule has 0 amide bonds. The van der Waals surface area contributed by atoms with Gasteiger partial charge in [0.25, 0.3) is 0 Å². The van der Waals surface area contributed by atoms with E-state index in [2.05, 4.69) is 6.92 Å². The van der Waals surface area contributed by atoms with Crippen LogP contribution in [0.4, 0.5) is 35.1 Å². The van der Waals surface area contributed by atoms with E-state index >= 15 is 0 Å². The first-order valence-corrected chi connectivity index (χ1v) is 20.2. The maximum absolute atomic E-state index is 14.5.